The Morgan fingerprint density at radius 3 is 2.29 bits per heavy atom. The van der Waals surface area contributed by atoms with Gasteiger partial charge in [0.25, 0.3) is 11.8 Å². The highest BCUT2D eigenvalue weighted by Crippen LogP contribution is 2.40. The number of hydrogen-bond donors (Lipinski definition) is 1. The summed E-state index contributed by atoms with van der Waals surface area (Å²) >= 11 is 0. The molecule has 8 nitrogen and oxygen atoms in total. The van der Waals surface area contributed by atoms with E-state index in [1.54, 1.807) is 48.5 Å². The molecular formula is C26H22N4O4. The van der Waals surface area contributed by atoms with Crippen molar-refractivity contribution < 1.29 is 19.1 Å². The van der Waals surface area contributed by atoms with Gasteiger partial charge in [-0.05, 0) is 43.3 Å². The third kappa shape index (κ3) is 3.49. The number of carbonyl (C=O) groups excluding carboxylic acids is 3. The molecule has 0 unspecified atom stereocenters. The number of rotatable bonds is 5. The van der Waals surface area contributed by atoms with E-state index in [9.17, 15) is 14.4 Å². The maximum absolute atomic E-state index is 13.6. The average Bonchev–Trinajstić information content (AvgIpc) is 3.37. The predicted octanol–water partition coefficient (Wildman–Crippen LogP) is 3.38. The van der Waals surface area contributed by atoms with E-state index in [2.05, 4.69) is 10.4 Å². The molecule has 34 heavy (non-hydrogen) atoms. The normalized spacial score (nSPS) is 19.2. The van der Waals surface area contributed by atoms with Gasteiger partial charge >= 0.3 is 0 Å². The van der Waals surface area contributed by atoms with E-state index in [0.29, 0.717) is 22.8 Å². The molecule has 1 saturated heterocycles. The van der Waals surface area contributed by atoms with Crippen LogP contribution in [0.5, 0.6) is 5.75 Å². The number of anilines is 3. The first kappa shape index (κ1) is 21.4. The summed E-state index contributed by atoms with van der Waals surface area (Å²) in [6.45, 7) is 1.95. The van der Waals surface area contributed by atoms with Gasteiger partial charge in [0.15, 0.2) is 0 Å². The van der Waals surface area contributed by atoms with E-state index in [4.69, 9.17) is 4.74 Å². The molecule has 3 aromatic carbocycles. The Hall–Kier alpha value is -4.46. The highest BCUT2D eigenvalue weighted by Gasteiger charge is 2.59. The number of methoxy groups -OCH3 is 1. The van der Waals surface area contributed by atoms with Crippen LogP contribution in [0.4, 0.5) is 17.1 Å². The number of para-hydroxylation sites is 3. The van der Waals surface area contributed by atoms with Gasteiger partial charge in [0, 0.05) is 5.69 Å². The number of aryl methyl sites for hydroxylation is 1. The van der Waals surface area contributed by atoms with Crippen LogP contribution in [0.15, 0.2) is 84.0 Å². The Bertz CT molecular complexity index is 1300. The zero-order valence-electron chi connectivity index (χ0n) is 18.6. The molecule has 0 bridgehead atoms. The first-order valence-electron chi connectivity index (χ1n) is 10.8. The predicted molar refractivity (Wildman–Crippen MR) is 129 cm³/mol. The number of ether oxygens (including phenoxy) is 1. The lowest BCUT2D eigenvalue weighted by atomic mass is 9.97. The summed E-state index contributed by atoms with van der Waals surface area (Å²) in [7, 11) is 1.48. The fourth-order valence-electron chi connectivity index (χ4n) is 4.28. The highest BCUT2D eigenvalue weighted by molar-refractivity contribution is 6.51. The molecule has 3 aromatic rings. The SMILES string of the molecule is COc1ccccc1N1C(=O)[C@@H]2C(C(=O)Nc3ccccc3)=NN(c3ccc(C)cc3)[C@@H]2C1=O. The first-order chi connectivity index (χ1) is 16.5. The van der Waals surface area contributed by atoms with Gasteiger partial charge in [-0.3, -0.25) is 19.4 Å². The minimum absolute atomic E-state index is 0.00910. The van der Waals surface area contributed by atoms with E-state index >= 15 is 0 Å². The van der Waals surface area contributed by atoms with E-state index in [1.807, 2.05) is 37.3 Å². The van der Waals surface area contributed by atoms with E-state index in [1.165, 1.54) is 12.1 Å². The second kappa shape index (κ2) is 8.47. The van der Waals surface area contributed by atoms with Crippen molar-refractivity contribution >= 4 is 40.5 Å². The van der Waals surface area contributed by atoms with Crippen molar-refractivity contribution in [2.24, 2.45) is 11.0 Å². The van der Waals surface area contributed by atoms with Crippen LogP contribution < -0.4 is 20.0 Å². The van der Waals surface area contributed by atoms with E-state index < -0.39 is 29.7 Å². The Balaban J connectivity index is 1.57. The number of hydrazone groups is 1. The molecule has 0 saturated carbocycles. The van der Waals surface area contributed by atoms with Crippen molar-refractivity contribution in [3.05, 3.63) is 84.4 Å². The minimum atomic E-state index is -1.05. The molecule has 1 fully saturated rings. The molecule has 0 aliphatic carbocycles. The van der Waals surface area contributed by atoms with Crippen LogP contribution in [0.25, 0.3) is 0 Å². The fraction of sp³-hybridized carbons (Fsp3) is 0.154. The smallest absolute Gasteiger partial charge is 0.272 e. The molecule has 0 spiro atoms. The Kier molecular flexibility index (Phi) is 5.33. The molecule has 170 valence electrons. The number of nitrogens with one attached hydrogen (secondary N) is 1. The topological polar surface area (TPSA) is 91.3 Å². The van der Waals surface area contributed by atoms with Crippen LogP contribution in [-0.4, -0.2) is 36.6 Å². The summed E-state index contributed by atoms with van der Waals surface area (Å²) in [6, 6.07) is 22.1. The molecule has 2 atom stereocenters. The third-order valence-corrected chi connectivity index (χ3v) is 5.94. The summed E-state index contributed by atoms with van der Waals surface area (Å²) in [5, 5.41) is 8.74. The van der Waals surface area contributed by atoms with Gasteiger partial charge in [0.2, 0.25) is 5.91 Å². The zero-order valence-corrected chi connectivity index (χ0v) is 18.6. The van der Waals surface area contributed by atoms with E-state index in [-0.39, 0.29) is 5.71 Å². The average molecular weight is 454 g/mol. The summed E-state index contributed by atoms with van der Waals surface area (Å²) in [6.07, 6.45) is 0. The summed E-state index contributed by atoms with van der Waals surface area (Å²) in [5.74, 6) is -2.18. The summed E-state index contributed by atoms with van der Waals surface area (Å²) in [5.41, 5.74) is 2.55. The van der Waals surface area contributed by atoms with Gasteiger partial charge in [0.1, 0.15) is 23.4 Å². The van der Waals surface area contributed by atoms with Gasteiger partial charge in [-0.1, -0.05) is 48.0 Å². The monoisotopic (exact) mass is 454 g/mol. The molecular weight excluding hydrogens is 432 g/mol. The number of nitrogens with zero attached hydrogens (tertiary/aromatic N) is 3. The van der Waals surface area contributed by atoms with Crippen molar-refractivity contribution in [2.45, 2.75) is 13.0 Å². The van der Waals surface area contributed by atoms with Crippen LogP contribution in [0.3, 0.4) is 0 Å². The van der Waals surface area contributed by atoms with Crippen molar-refractivity contribution in [2.75, 3.05) is 22.3 Å². The third-order valence-electron chi connectivity index (χ3n) is 5.94. The lowest BCUT2D eigenvalue weighted by molar-refractivity contribution is -0.122. The Labute approximate surface area is 196 Å². The summed E-state index contributed by atoms with van der Waals surface area (Å²) < 4.78 is 5.39. The van der Waals surface area contributed by atoms with Crippen molar-refractivity contribution in [1.29, 1.82) is 0 Å². The summed E-state index contributed by atoms with van der Waals surface area (Å²) in [4.78, 5) is 41.6. The molecule has 3 amide bonds. The number of hydrogen-bond acceptors (Lipinski definition) is 6. The van der Waals surface area contributed by atoms with E-state index in [0.717, 1.165) is 10.5 Å². The maximum Gasteiger partial charge on any atom is 0.272 e. The van der Waals surface area contributed by atoms with Gasteiger partial charge in [-0.15, -0.1) is 0 Å². The molecule has 2 heterocycles. The molecule has 8 heteroatoms. The van der Waals surface area contributed by atoms with Crippen LogP contribution >= 0.6 is 0 Å². The van der Waals surface area contributed by atoms with Gasteiger partial charge < -0.3 is 10.1 Å². The minimum Gasteiger partial charge on any atom is -0.495 e. The maximum atomic E-state index is 13.6. The second-order valence-corrected chi connectivity index (χ2v) is 8.09. The number of fused-ring (bicyclic) bond motifs is 1. The van der Waals surface area contributed by atoms with Gasteiger partial charge in [0.05, 0.1) is 18.5 Å². The molecule has 0 radical (unpaired) electrons. The Morgan fingerprint density at radius 2 is 1.59 bits per heavy atom. The first-order valence-corrected chi connectivity index (χ1v) is 10.8. The lowest BCUT2D eigenvalue weighted by Crippen LogP contribution is -2.39. The van der Waals surface area contributed by atoms with Crippen LogP contribution in [-0.2, 0) is 14.4 Å². The lowest BCUT2D eigenvalue weighted by Gasteiger charge is -2.23. The largest absolute Gasteiger partial charge is 0.495 e. The van der Waals surface area contributed by atoms with Gasteiger partial charge in [-0.25, -0.2) is 4.90 Å². The Morgan fingerprint density at radius 1 is 0.912 bits per heavy atom. The standard InChI is InChI=1S/C26H22N4O4/c1-16-12-14-18(15-13-16)30-23-21(22(28-30)24(31)27-17-8-4-3-5-9-17)25(32)29(26(23)33)19-10-6-7-11-20(19)34-2/h3-15,21,23H,1-2H3,(H,27,31)/t21-,23+/m1/s1. The number of amides is 3. The number of imide groups is 1. The molecule has 1 N–H and O–H groups in total. The number of carbonyl (C=O) groups is 3. The highest BCUT2D eigenvalue weighted by atomic mass is 16.5. The zero-order chi connectivity index (χ0) is 23.8. The molecule has 2 aliphatic heterocycles. The molecule has 5 rings (SSSR count). The van der Waals surface area contributed by atoms with Crippen molar-refractivity contribution in [3.8, 4) is 5.75 Å². The molecule has 0 aromatic heterocycles. The van der Waals surface area contributed by atoms with Crippen LogP contribution in [0.2, 0.25) is 0 Å². The second-order valence-electron chi connectivity index (χ2n) is 8.09. The van der Waals surface area contributed by atoms with Gasteiger partial charge in [-0.2, -0.15) is 5.10 Å². The molecule has 2 aliphatic rings. The van der Waals surface area contributed by atoms with Crippen LogP contribution in [0, 0.1) is 12.8 Å². The quantitative estimate of drug-likeness (QED) is 0.597. The van der Waals surface area contributed by atoms with Crippen molar-refractivity contribution in [1.82, 2.24) is 0 Å². The fourth-order valence-corrected chi connectivity index (χ4v) is 4.28. The van der Waals surface area contributed by atoms with Crippen LogP contribution in [0.1, 0.15) is 5.56 Å². The number of benzene rings is 3. The van der Waals surface area contributed by atoms with Crippen molar-refractivity contribution in [3.63, 3.8) is 0 Å².